The van der Waals surface area contributed by atoms with Crippen LogP contribution in [0, 0.1) is 0 Å². The summed E-state index contributed by atoms with van der Waals surface area (Å²) in [7, 11) is -1.42. The van der Waals surface area contributed by atoms with Crippen molar-refractivity contribution in [1.82, 2.24) is 10.2 Å². The monoisotopic (exact) mass is 407 g/mol. The van der Waals surface area contributed by atoms with Crippen molar-refractivity contribution in [2.24, 2.45) is 0 Å². The van der Waals surface area contributed by atoms with Gasteiger partial charge in [-0.3, -0.25) is 14.5 Å². The number of halogens is 2. The van der Waals surface area contributed by atoms with Gasteiger partial charge >= 0.3 is 0 Å². The smallest absolute Gasteiger partial charge is 0.238 e. The number of sulfone groups is 1. The number of likely N-dealkylation sites (N-methyl/N-ethyl adjacent to an activating group) is 1. The molecule has 0 saturated carbocycles. The third kappa shape index (κ3) is 6.47. The second-order valence-electron chi connectivity index (χ2n) is 6.02. The van der Waals surface area contributed by atoms with Gasteiger partial charge in [-0.1, -0.05) is 23.2 Å². The van der Waals surface area contributed by atoms with Crippen LogP contribution in [-0.2, 0) is 19.4 Å². The molecule has 1 aliphatic rings. The Hall–Kier alpha value is -1.35. The molecule has 0 radical (unpaired) electrons. The second kappa shape index (κ2) is 8.35. The zero-order chi connectivity index (χ0) is 18.6. The predicted molar refractivity (Wildman–Crippen MR) is 97.8 cm³/mol. The van der Waals surface area contributed by atoms with Crippen LogP contribution in [0.4, 0.5) is 5.69 Å². The van der Waals surface area contributed by atoms with Gasteiger partial charge in [-0.05, 0) is 31.7 Å². The van der Waals surface area contributed by atoms with Gasteiger partial charge in [0.2, 0.25) is 11.8 Å². The fourth-order valence-electron chi connectivity index (χ4n) is 2.50. The van der Waals surface area contributed by atoms with Crippen LogP contribution in [-0.4, -0.2) is 62.8 Å². The Morgan fingerprint density at radius 3 is 2.48 bits per heavy atom. The molecule has 1 fully saturated rings. The van der Waals surface area contributed by atoms with Gasteiger partial charge in [0.25, 0.3) is 0 Å². The van der Waals surface area contributed by atoms with Crippen molar-refractivity contribution in [2.75, 3.05) is 37.0 Å². The molecule has 2 N–H and O–H groups in total. The zero-order valence-electron chi connectivity index (χ0n) is 13.6. The summed E-state index contributed by atoms with van der Waals surface area (Å²) in [5, 5.41) is 6.06. The van der Waals surface area contributed by atoms with Crippen molar-refractivity contribution >= 4 is 50.5 Å². The summed E-state index contributed by atoms with van der Waals surface area (Å²) in [6.45, 7) is -0.0119. The van der Waals surface area contributed by atoms with Crippen molar-refractivity contribution in [1.29, 1.82) is 0 Å². The van der Waals surface area contributed by atoms with Gasteiger partial charge in [0.15, 0.2) is 9.84 Å². The molecule has 2 amide bonds. The first-order valence-electron chi connectivity index (χ1n) is 7.58. The molecular formula is C15H19Cl2N3O4S. The maximum Gasteiger partial charge on any atom is 0.238 e. The van der Waals surface area contributed by atoms with Crippen LogP contribution in [0.3, 0.4) is 0 Å². The molecule has 138 valence electrons. The molecule has 0 spiro atoms. The molecule has 10 heteroatoms. The molecule has 0 bridgehead atoms. The average Bonchev–Trinajstić information content (AvgIpc) is 2.81. The maximum absolute atomic E-state index is 12.0. The van der Waals surface area contributed by atoms with Gasteiger partial charge in [0.05, 0.1) is 34.6 Å². The molecule has 7 nitrogen and oxygen atoms in total. The van der Waals surface area contributed by atoms with Crippen LogP contribution in [0.25, 0.3) is 0 Å². The third-order valence-electron chi connectivity index (χ3n) is 3.63. The Morgan fingerprint density at radius 2 is 1.88 bits per heavy atom. The van der Waals surface area contributed by atoms with E-state index in [0.717, 1.165) is 0 Å². The number of rotatable bonds is 6. The first-order chi connectivity index (χ1) is 11.6. The van der Waals surface area contributed by atoms with Crippen LogP contribution in [0.2, 0.25) is 10.0 Å². The van der Waals surface area contributed by atoms with Gasteiger partial charge < -0.3 is 10.6 Å². The Labute approximate surface area is 156 Å². The number of hydrogen-bond donors (Lipinski definition) is 2. The summed E-state index contributed by atoms with van der Waals surface area (Å²) >= 11 is 11.7. The summed E-state index contributed by atoms with van der Waals surface area (Å²) in [6, 6.07) is 4.39. The number of anilines is 1. The Bertz CT molecular complexity index is 770. The standard InChI is InChI=1S/C15H19Cl2N3O4S/c1-20(8-15(22)19-11-4-5-25(23,24)9-11)7-14(21)18-10-2-3-12(16)13(17)6-10/h2-3,6,11H,4-5,7-9H2,1H3,(H,18,21)(H,19,22)/t11-/m0/s1. The summed E-state index contributed by atoms with van der Waals surface area (Å²) in [6.07, 6.45) is 0.426. The normalized spacial score (nSPS) is 19.0. The second-order valence-corrected chi connectivity index (χ2v) is 9.06. The fraction of sp³-hybridized carbons (Fsp3) is 0.467. The third-order valence-corrected chi connectivity index (χ3v) is 6.13. The molecule has 1 aliphatic heterocycles. The lowest BCUT2D eigenvalue weighted by molar-refractivity contribution is -0.123. The highest BCUT2D eigenvalue weighted by Gasteiger charge is 2.29. The first kappa shape index (κ1) is 20.0. The van der Waals surface area contributed by atoms with E-state index in [-0.39, 0.29) is 42.5 Å². The van der Waals surface area contributed by atoms with Crippen molar-refractivity contribution < 1.29 is 18.0 Å². The van der Waals surface area contributed by atoms with E-state index >= 15 is 0 Å². The van der Waals surface area contributed by atoms with E-state index in [4.69, 9.17) is 23.2 Å². The summed E-state index contributed by atoms with van der Waals surface area (Å²) in [5.41, 5.74) is 0.508. The van der Waals surface area contributed by atoms with E-state index in [2.05, 4.69) is 10.6 Å². The summed E-state index contributed by atoms with van der Waals surface area (Å²) < 4.78 is 22.8. The Morgan fingerprint density at radius 1 is 1.20 bits per heavy atom. The molecule has 1 atom stereocenters. The lowest BCUT2D eigenvalue weighted by atomic mass is 10.2. The maximum atomic E-state index is 12.0. The average molecular weight is 408 g/mol. The van der Waals surface area contributed by atoms with Crippen LogP contribution in [0.15, 0.2) is 18.2 Å². The number of hydrogen-bond acceptors (Lipinski definition) is 5. The molecular weight excluding hydrogens is 389 g/mol. The SMILES string of the molecule is CN(CC(=O)Nc1ccc(Cl)c(Cl)c1)CC(=O)N[C@H]1CCS(=O)(=O)C1. The number of benzene rings is 1. The Balaban J connectivity index is 1.77. The number of nitrogens with one attached hydrogen (secondary N) is 2. The molecule has 0 aromatic heterocycles. The van der Waals surface area contributed by atoms with Crippen molar-refractivity contribution in [3.8, 4) is 0 Å². The molecule has 1 aromatic rings. The van der Waals surface area contributed by atoms with Crippen molar-refractivity contribution in [3.63, 3.8) is 0 Å². The minimum Gasteiger partial charge on any atom is -0.351 e. The molecule has 2 rings (SSSR count). The number of nitrogens with zero attached hydrogens (tertiary/aromatic N) is 1. The first-order valence-corrected chi connectivity index (χ1v) is 10.2. The van der Waals surface area contributed by atoms with E-state index < -0.39 is 9.84 Å². The van der Waals surface area contributed by atoms with E-state index in [0.29, 0.717) is 22.2 Å². The molecule has 0 unspecified atom stereocenters. The van der Waals surface area contributed by atoms with Crippen LogP contribution in [0.1, 0.15) is 6.42 Å². The number of carbonyl (C=O) groups excluding carboxylic acids is 2. The zero-order valence-corrected chi connectivity index (χ0v) is 15.9. The van der Waals surface area contributed by atoms with E-state index in [9.17, 15) is 18.0 Å². The highest BCUT2D eigenvalue weighted by Crippen LogP contribution is 2.24. The van der Waals surface area contributed by atoms with E-state index in [1.807, 2.05) is 0 Å². The minimum absolute atomic E-state index is 0.00334. The summed E-state index contributed by atoms with van der Waals surface area (Å²) in [5.74, 6) is -0.552. The van der Waals surface area contributed by atoms with Gasteiger partial charge in [-0.25, -0.2) is 8.42 Å². The Kier molecular flexibility index (Phi) is 6.67. The summed E-state index contributed by atoms with van der Waals surface area (Å²) in [4.78, 5) is 25.5. The van der Waals surface area contributed by atoms with Gasteiger partial charge in [-0.2, -0.15) is 0 Å². The quantitative estimate of drug-likeness (QED) is 0.737. The number of carbonyl (C=O) groups is 2. The molecule has 1 heterocycles. The number of amides is 2. The molecule has 1 aromatic carbocycles. The fourth-order valence-corrected chi connectivity index (χ4v) is 4.47. The van der Waals surface area contributed by atoms with Gasteiger partial charge in [0, 0.05) is 11.7 Å². The lowest BCUT2D eigenvalue weighted by Gasteiger charge is -2.18. The van der Waals surface area contributed by atoms with Crippen molar-refractivity contribution in [2.45, 2.75) is 12.5 Å². The topological polar surface area (TPSA) is 95.6 Å². The highest BCUT2D eigenvalue weighted by molar-refractivity contribution is 7.91. The lowest BCUT2D eigenvalue weighted by Crippen LogP contribution is -2.43. The van der Waals surface area contributed by atoms with Crippen LogP contribution < -0.4 is 10.6 Å². The van der Waals surface area contributed by atoms with Gasteiger partial charge in [-0.15, -0.1) is 0 Å². The predicted octanol–water partition coefficient (Wildman–Crippen LogP) is 1.17. The minimum atomic E-state index is -3.04. The highest BCUT2D eigenvalue weighted by atomic mass is 35.5. The van der Waals surface area contributed by atoms with Crippen LogP contribution in [0.5, 0.6) is 0 Å². The van der Waals surface area contributed by atoms with E-state index in [1.54, 1.807) is 19.2 Å². The molecule has 0 aliphatic carbocycles. The molecule has 1 saturated heterocycles. The largest absolute Gasteiger partial charge is 0.351 e. The van der Waals surface area contributed by atoms with E-state index in [1.165, 1.54) is 11.0 Å². The van der Waals surface area contributed by atoms with Gasteiger partial charge in [0.1, 0.15) is 0 Å². The van der Waals surface area contributed by atoms with Crippen molar-refractivity contribution in [3.05, 3.63) is 28.2 Å². The van der Waals surface area contributed by atoms with Crippen LogP contribution >= 0.6 is 23.2 Å². The molecule has 25 heavy (non-hydrogen) atoms.